The molecule has 26 heavy (non-hydrogen) atoms. The molecule has 0 amide bonds. The molecule has 1 N–H and O–H groups in total. The molecule has 0 bridgehead atoms. The second-order valence-electron chi connectivity index (χ2n) is 7.53. The van der Waals surface area contributed by atoms with Gasteiger partial charge in [-0.15, -0.1) is 0 Å². The number of rotatable bonds is 7. The minimum Gasteiger partial charge on any atom is -0.491 e. The zero-order chi connectivity index (χ0) is 18.1. The Bertz CT molecular complexity index is 879. The average molecular weight is 350 g/mol. The van der Waals surface area contributed by atoms with Crippen LogP contribution in [0.1, 0.15) is 49.9 Å². The predicted octanol–water partition coefficient (Wildman–Crippen LogP) is 4.48. The van der Waals surface area contributed by atoms with Crippen LogP contribution in [-0.4, -0.2) is 27.4 Å². The van der Waals surface area contributed by atoms with E-state index in [2.05, 4.69) is 36.6 Å². The summed E-state index contributed by atoms with van der Waals surface area (Å²) >= 11 is 0. The largest absolute Gasteiger partial charge is 0.491 e. The van der Waals surface area contributed by atoms with E-state index in [0.29, 0.717) is 18.4 Å². The third kappa shape index (κ3) is 3.61. The van der Waals surface area contributed by atoms with Crippen molar-refractivity contribution in [3.63, 3.8) is 0 Å². The van der Waals surface area contributed by atoms with Gasteiger partial charge in [0.15, 0.2) is 0 Å². The van der Waals surface area contributed by atoms with Gasteiger partial charge in [-0.3, -0.25) is 0 Å². The molecule has 1 aromatic heterocycles. The number of benzene rings is 2. The van der Waals surface area contributed by atoms with E-state index >= 15 is 0 Å². The average Bonchev–Trinajstić information content (AvgIpc) is 3.43. The van der Waals surface area contributed by atoms with E-state index in [9.17, 15) is 5.11 Å². The maximum absolute atomic E-state index is 10.5. The van der Waals surface area contributed by atoms with Gasteiger partial charge in [-0.1, -0.05) is 38.1 Å². The fraction of sp³-hybridized carbons (Fsp3) is 0.409. The van der Waals surface area contributed by atoms with E-state index in [1.807, 2.05) is 30.3 Å². The molecule has 3 aromatic rings. The molecule has 0 radical (unpaired) electrons. The summed E-state index contributed by atoms with van der Waals surface area (Å²) in [5.74, 6) is 2.95. The second-order valence-corrected chi connectivity index (χ2v) is 7.53. The summed E-state index contributed by atoms with van der Waals surface area (Å²) in [5.41, 5.74) is 3.39. The zero-order valence-electron chi connectivity index (χ0n) is 15.4. The van der Waals surface area contributed by atoms with Crippen molar-refractivity contribution in [3.8, 4) is 5.75 Å². The van der Waals surface area contributed by atoms with Crippen LogP contribution in [0.4, 0.5) is 0 Å². The third-order valence-corrected chi connectivity index (χ3v) is 5.01. The molecule has 4 heteroatoms. The van der Waals surface area contributed by atoms with E-state index in [4.69, 9.17) is 9.72 Å². The maximum atomic E-state index is 10.5. The highest BCUT2D eigenvalue weighted by Crippen LogP contribution is 2.40. The van der Waals surface area contributed by atoms with E-state index < -0.39 is 6.10 Å². The molecule has 0 aliphatic heterocycles. The number of imidazole rings is 1. The van der Waals surface area contributed by atoms with Crippen molar-refractivity contribution in [2.24, 2.45) is 0 Å². The first kappa shape index (κ1) is 17.1. The van der Waals surface area contributed by atoms with Gasteiger partial charge in [-0.05, 0) is 48.6 Å². The summed E-state index contributed by atoms with van der Waals surface area (Å²) in [6, 6.07) is 16.3. The van der Waals surface area contributed by atoms with Crippen molar-refractivity contribution < 1.29 is 9.84 Å². The molecule has 1 saturated carbocycles. The van der Waals surface area contributed by atoms with E-state index in [1.165, 1.54) is 18.4 Å². The zero-order valence-corrected chi connectivity index (χ0v) is 15.4. The maximum Gasteiger partial charge on any atom is 0.119 e. The normalized spacial score (nSPS) is 15.5. The van der Waals surface area contributed by atoms with Crippen molar-refractivity contribution in [3.05, 3.63) is 59.9 Å². The first-order chi connectivity index (χ1) is 12.6. The summed E-state index contributed by atoms with van der Waals surface area (Å²) in [6.07, 6.45) is 1.81. The van der Waals surface area contributed by atoms with Gasteiger partial charge < -0.3 is 14.4 Å². The highest BCUT2D eigenvalue weighted by molar-refractivity contribution is 5.76. The molecule has 4 nitrogen and oxygen atoms in total. The number of aliphatic hydroxyl groups excluding tert-OH is 1. The molecular weight excluding hydrogens is 324 g/mol. The SMILES string of the molecule is CC(C)c1ccc(OCC(O)Cn2c(C3CC3)nc3ccccc32)cc1. The number of hydrogen-bond acceptors (Lipinski definition) is 3. The van der Waals surface area contributed by atoms with Gasteiger partial charge in [0, 0.05) is 5.92 Å². The van der Waals surface area contributed by atoms with Gasteiger partial charge in [0.1, 0.15) is 24.3 Å². The molecule has 1 heterocycles. The molecule has 1 atom stereocenters. The Labute approximate surface area is 154 Å². The van der Waals surface area contributed by atoms with E-state index in [0.717, 1.165) is 22.6 Å². The lowest BCUT2D eigenvalue weighted by atomic mass is 10.0. The number of aromatic nitrogens is 2. The summed E-state index contributed by atoms with van der Waals surface area (Å²) in [7, 11) is 0. The van der Waals surface area contributed by atoms with E-state index in [-0.39, 0.29) is 6.61 Å². The summed E-state index contributed by atoms with van der Waals surface area (Å²) < 4.78 is 7.97. The molecular formula is C22H26N2O2. The number of nitrogens with zero attached hydrogens (tertiary/aromatic N) is 2. The van der Waals surface area contributed by atoms with Crippen LogP contribution >= 0.6 is 0 Å². The Morgan fingerprint density at radius 2 is 1.85 bits per heavy atom. The highest BCUT2D eigenvalue weighted by Gasteiger charge is 2.30. The molecule has 1 fully saturated rings. The number of fused-ring (bicyclic) bond motifs is 1. The van der Waals surface area contributed by atoms with Crippen molar-refractivity contribution in [1.29, 1.82) is 0 Å². The van der Waals surface area contributed by atoms with Crippen molar-refractivity contribution in [1.82, 2.24) is 9.55 Å². The fourth-order valence-corrected chi connectivity index (χ4v) is 3.34. The van der Waals surface area contributed by atoms with Gasteiger partial charge >= 0.3 is 0 Å². The topological polar surface area (TPSA) is 47.3 Å². The number of hydrogen-bond donors (Lipinski definition) is 1. The first-order valence-corrected chi connectivity index (χ1v) is 9.48. The Morgan fingerprint density at radius 1 is 1.12 bits per heavy atom. The quantitative estimate of drug-likeness (QED) is 0.683. The Morgan fingerprint density at radius 3 is 2.54 bits per heavy atom. The van der Waals surface area contributed by atoms with Crippen molar-refractivity contribution in [2.75, 3.05) is 6.61 Å². The van der Waals surface area contributed by atoms with Crippen LogP contribution in [0.25, 0.3) is 11.0 Å². The van der Waals surface area contributed by atoms with Crippen molar-refractivity contribution in [2.45, 2.75) is 51.2 Å². The van der Waals surface area contributed by atoms with Crippen LogP contribution in [0.5, 0.6) is 5.75 Å². The van der Waals surface area contributed by atoms with Crippen LogP contribution in [-0.2, 0) is 6.54 Å². The molecule has 1 aliphatic rings. The predicted molar refractivity (Wildman–Crippen MR) is 104 cm³/mol. The second kappa shape index (κ2) is 7.12. The standard InChI is InChI=1S/C22H26N2O2/c1-15(2)16-9-11-19(12-10-16)26-14-18(25)13-24-21-6-4-3-5-20(21)23-22(24)17-7-8-17/h3-6,9-12,15,17-18,25H,7-8,13-14H2,1-2H3. The fourth-order valence-electron chi connectivity index (χ4n) is 3.34. The Hall–Kier alpha value is -2.33. The molecule has 136 valence electrons. The monoisotopic (exact) mass is 350 g/mol. The molecule has 0 saturated heterocycles. The smallest absolute Gasteiger partial charge is 0.119 e. The summed E-state index contributed by atoms with van der Waals surface area (Å²) in [4.78, 5) is 4.78. The summed E-state index contributed by atoms with van der Waals surface area (Å²) in [6.45, 7) is 5.13. The highest BCUT2D eigenvalue weighted by atomic mass is 16.5. The minimum absolute atomic E-state index is 0.275. The van der Waals surface area contributed by atoms with Crippen LogP contribution in [0.15, 0.2) is 48.5 Å². The molecule has 1 aliphatic carbocycles. The lowest BCUT2D eigenvalue weighted by molar-refractivity contribution is 0.0927. The van der Waals surface area contributed by atoms with Gasteiger partial charge in [0.05, 0.1) is 17.6 Å². The first-order valence-electron chi connectivity index (χ1n) is 9.48. The van der Waals surface area contributed by atoms with Crippen LogP contribution in [0, 0.1) is 0 Å². The van der Waals surface area contributed by atoms with Crippen LogP contribution < -0.4 is 4.74 Å². The van der Waals surface area contributed by atoms with Gasteiger partial charge in [-0.25, -0.2) is 4.98 Å². The Balaban J connectivity index is 1.44. The molecule has 4 rings (SSSR count). The van der Waals surface area contributed by atoms with Gasteiger partial charge in [-0.2, -0.15) is 0 Å². The summed E-state index contributed by atoms with van der Waals surface area (Å²) in [5, 5.41) is 10.5. The number of para-hydroxylation sites is 2. The van der Waals surface area contributed by atoms with Crippen LogP contribution in [0.3, 0.4) is 0 Å². The lowest BCUT2D eigenvalue weighted by Crippen LogP contribution is -2.24. The molecule has 0 spiro atoms. The van der Waals surface area contributed by atoms with E-state index in [1.54, 1.807) is 0 Å². The van der Waals surface area contributed by atoms with Gasteiger partial charge in [0.25, 0.3) is 0 Å². The molecule has 2 aromatic carbocycles. The minimum atomic E-state index is -0.574. The van der Waals surface area contributed by atoms with Crippen molar-refractivity contribution >= 4 is 11.0 Å². The number of ether oxygens (including phenoxy) is 1. The van der Waals surface area contributed by atoms with Crippen LogP contribution in [0.2, 0.25) is 0 Å². The third-order valence-electron chi connectivity index (χ3n) is 5.01. The number of aliphatic hydroxyl groups is 1. The Kier molecular flexibility index (Phi) is 4.68. The lowest BCUT2D eigenvalue weighted by Gasteiger charge is -2.16. The van der Waals surface area contributed by atoms with Gasteiger partial charge in [0.2, 0.25) is 0 Å². The molecule has 1 unspecified atom stereocenters.